The van der Waals surface area contributed by atoms with Crippen molar-refractivity contribution in [2.75, 3.05) is 7.11 Å². The maximum atomic E-state index is 11.8. The first-order chi connectivity index (χ1) is 8.58. The second-order valence-corrected chi connectivity index (χ2v) is 5.05. The standard InChI is InChI=1S/C13H20N2O3/c1-4-9-7-10(12(18-3)8(9)2)15-6-5-11(16)14-13(15)17/h5-6,8-10,12H,4,7H2,1-3H3,(H,14,16,17)/t8-,9+,10-,12-/m1/s1. The number of hydrogen-bond acceptors (Lipinski definition) is 3. The Balaban J connectivity index is 2.38. The number of ether oxygens (including phenoxy) is 1. The molecular weight excluding hydrogens is 232 g/mol. The summed E-state index contributed by atoms with van der Waals surface area (Å²) < 4.78 is 7.15. The van der Waals surface area contributed by atoms with Gasteiger partial charge in [0.2, 0.25) is 0 Å². The van der Waals surface area contributed by atoms with Crippen LogP contribution in [0.5, 0.6) is 0 Å². The molecule has 0 saturated heterocycles. The van der Waals surface area contributed by atoms with Crippen molar-refractivity contribution in [1.82, 2.24) is 9.55 Å². The topological polar surface area (TPSA) is 64.1 Å². The lowest BCUT2D eigenvalue weighted by Crippen LogP contribution is -2.36. The summed E-state index contributed by atoms with van der Waals surface area (Å²) in [6.45, 7) is 4.32. The third-order valence-corrected chi connectivity index (χ3v) is 4.19. The van der Waals surface area contributed by atoms with Crippen molar-refractivity contribution in [3.8, 4) is 0 Å². The van der Waals surface area contributed by atoms with Crippen molar-refractivity contribution < 1.29 is 4.74 Å². The highest BCUT2D eigenvalue weighted by Crippen LogP contribution is 2.41. The van der Waals surface area contributed by atoms with Crippen molar-refractivity contribution in [2.24, 2.45) is 11.8 Å². The Hall–Kier alpha value is -1.36. The predicted octanol–water partition coefficient (Wildman–Crippen LogP) is 1.16. The highest BCUT2D eigenvalue weighted by molar-refractivity contribution is 4.96. The Morgan fingerprint density at radius 1 is 1.50 bits per heavy atom. The second kappa shape index (κ2) is 5.10. The zero-order valence-corrected chi connectivity index (χ0v) is 11.1. The zero-order valence-electron chi connectivity index (χ0n) is 11.1. The summed E-state index contributed by atoms with van der Waals surface area (Å²) in [6, 6.07) is 1.40. The minimum Gasteiger partial charge on any atom is -0.379 e. The molecule has 1 aromatic heterocycles. The van der Waals surface area contributed by atoms with Gasteiger partial charge in [-0.05, 0) is 18.3 Å². The molecule has 1 aliphatic carbocycles. The van der Waals surface area contributed by atoms with Crippen LogP contribution in [0.2, 0.25) is 0 Å². The van der Waals surface area contributed by atoms with Crippen LogP contribution >= 0.6 is 0 Å². The predicted molar refractivity (Wildman–Crippen MR) is 68.7 cm³/mol. The molecule has 1 saturated carbocycles. The summed E-state index contributed by atoms with van der Waals surface area (Å²) in [5, 5.41) is 0. The maximum Gasteiger partial charge on any atom is 0.328 e. The van der Waals surface area contributed by atoms with E-state index in [4.69, 9.17) is 4.74 Å². The van der Waals surface area contributed by atoms with Gasteiger partial charge < -0.3 is 4.74 Å². The molecule has 0 spiro atoms. The van der Waals surface area contributed by atoms with Crippen LogP contribution in [-0.2, 0) is 4.74 Å². The van der Waals surface area contributed by atoms with Crippen LogP contribution in [0, 0.1) is 11.8 Å². The third-order valence-electron chi connectivity index (χ3n) is 4.19. The molecule has 0 bridgehead atoms. The van der Waals surface area contributed by atoms with E-state index in [1.165, 1.54) is 6.07 Å². The highest BCUT2D eigenvalue weighted by atomic mass is 16.5. The molecule has 0 radical (unpaired) electrons. The van der Waals surface area contributed by atoms with Gasteiger partial charge in [-0.15, -0.1) is 0 Å². The molecule has 1 aliphatic rings. The van der Waals surface area contributed by atoms with Crippen molar-refractivity contribution in [3.05, 3.63) is 33.1 Å². The number of nitrogens with zero attached hydrogens (tertiary/aromatic N) is 1. The minimum atomic E-state index is -0.358. The summed E-state index contributed by atoms with van der Waals surface area (Å²) in [5.41, 5.74) is -0.707. The first kappa shape index (κ1) is 13.1. The van der Waals surface area contributed by atoms with Crippen LogP contribution in [-0.4, -0.2) is 22.8 Å². The van der Waals surface area contributed by atoms with Crippen LogP contribution in [0.1, 0.15) is 32.7 Å². The van der Waals surface area contributed by atoms with E-state index in [1.54, 1.807) is 17.9 Å². The van der Waals surface area contributed by atoms with Crippen molar-refractivity contribution in [2.45, 2.75) is 38.8 Å². The average molecular weight is 252 g/mol. The van der Waals surface area contributed by atoms with E-state index in [0.29, 0.717) is 11.8 Å². The van der Waals surface area contributed by atoms with E-state index in [1.807, 2.05) is 0 Å². The van der Waals surface area contributed by atoms with Gasteiger partial charge in [-0.1, -0.05) is 20.3 Å². The molecule has 4 atom stereocenters. The van der Waals surface area contributed by atoms with Crippen LogP contribution in [0.3, 0.4) is 0 Å². The summed E-state index contributed by atoms with van der Waals surface area (Å²) in [7, 11) is 1.68. The van der Waals surface area contributed by atoms with E-state index in [9.17, 15) is 9.59 Å². The van der Waals surface area contributed by atoms with Crippen molar-refractivity contribution in [1.29, 1.82) is 0 Å². The normalized spacial score (nSPS) is 31.7. The number of aromatic amines is 1. The average Bonchev–Trinajstić information content (AvgIpc) is 2.65. The molecule has 0 unspecified atom stereocenters. The Kier molecular flexibility index (Phi) is 3.71. The number of nitrogens with one attached hydrogen (secondary N) is 1. The number of aromatic nitrogens is 2. The molecule has 1 fully saturated rings. The van der Waals surface area contributed by atoms with E-state index >= 15 is 0 Å². The quantitative estimate of drug-likeness (QED) is 0.878. The molecule has 1 N–H and O–H groups in total. The Bertz CT molecular complexity index is 519. The van der Waals surface area contributed by atoms with Crippen LogP contribution < -0.4 is 11.2 Å². The number of rotatable bonds is 3. The van der Waals surface area contributed by atoms with Crippen LogP contribution in [0.4, 0.5) is 0 Å². The lowest BCUT2D eigenvalue weighted by atomic mass is 9.95. The fourth-order valence-electron chi connectivity index (χ4n) is 3.15. The van der Waals surface area contributed by atoms with Crippen LogP contribution in [0.15, 0.2) is 21.9 Å². The summed E-state index contributed by atoms with van der Waals surface area (Å²) in [6.07, 6.45) is 3.60. The maximum absolute atomic E-state index is 11.8. The van der Waals surface area contributed by atoms with Gasteiger partial charge in [0.1, 0.15) is 0 Å². The second-order valence-electron chi connectivity index (χ2n) is 5.05. The highest BCUT2D eigenvalue weighted by Gasteiger charge is 2.41. The number of hydrogen-bond donors (Lipinski definition) is 1. The largest absolute Gasteiger partial charge is 0.379 e. The van der Waals surface area contributed by atoms with Crippen molar-refractivity contribution >= 4 is 0 Å². The van der Waals surface area contributed by atoms with E-state index in [-0.39, 0.29) is 23.4 Å². The first-order valence-electron chi connectivity index (χ1n) is 6.42. The summed E-state index contributed by atoms with van der Waals surface area (Å²) >= 11 is 0. The number of H-pyrrole nitrogens is 1. The Morgan fingerprint density at radius 2 is 2.22 bits per heavy atom. The minimum absolute atomic E-state index is 0.0132. The van der Waals surface area contributed by atoms with Gasteiger partial charge in [-0.2, -0.15) is 0 Å². The fraction of sp³-hybridized carbons (Fsp3) is 0.692. The Morgan fingerprint density at radius 3 is 2.78 bits per heavy atom. The van der Waals surface area contributed by atoms with Gasteiger partial charge in [-0.25, -0.2) is 4.79 Å². The molecule has 5 nitrogen and oxygen atoms in total. The van der Waals surface area contributed by atoms with Crippen LogP contribution in [0.25, 0.3) is 0 Å². The van der Waals surface area contributed by atoms with Gasteiger partial charge in [0.05, 0.1) is 12.1 Å². The van der Waals surface area contributed by atoms with Gasteiger partial charge in [0, 0.05) is 19.4 Å². The first-order valence-corrected chi connectivity index (χ1v) is 6.42. The van der Waals surface area contributed by atoms with Gasteiger partial charge in [-0.3, -0.25) is 14.3 Å². The van der Waals surface area contributed by atoms with E-state index in [2.05, 4.69) is 18.8 Å². The lowest BCUT2D eigenvalue weighted by Gasteiger charge is -2.23. The SMILES string of the molecule is CC[C@H]1C[C@@H](n2ccc(=O)[nH]c2=O)[C@H](OC)[C@@H]1C. The monoisotopic (exact) mass is 252 g/mol. The van der Waals surface area contributed by atoms with Gasteiger partial charge in [0.25, 0.3) is 5.56 Å². The van der Waals surface area contributed by atoms with Gasteiger partial charge in [0.15, 0.2) is 0 Å². The van der Waals surface area contributed by atoms with Gasteiger partial charge >= 0.3 is 5.69 Å². The lowest BCUT2D eigenvalue weighted by molar-refractivity contribution is 0.0400. The van der Waals surface area contributed by atoms with E-state index < -0.39 is 0 Å². The molecule has 18 heavy (non-hydrogen) atoms. The zero-order chi connectivity index (χ0) is 13.3. The molecule has 1 aromatic rings. The molecule has 0 amide bonds. The Labute approximate surface area is 106 Å². The molecule has 0 aliphatic heterocycles. The molecule has 2 rings (SSSR count). The molecule has 0 aromatic carbocycles. The van der Waals surface area contributed by atoms with E-state index in [0.717, 1.165) is 12.8 Å². The summed E-state index contributed by atoms with van der Waals surface area (Å²) in [4.78, 5) is 25.2. The van der Waals surface area contributed by atoms with Crippen molar-refractivity contribution in [3.63, 3.8) is 0 Å². The molecular formula is C13H20N2O3. The summed E-state index contributed by atoms with van der Waals surface area (Å²) in [5.74, 6) is 0.975. The molecule has 100 valence electrons. The fourth-order valence-corrected chi connectivity index (χ4v) is 3.15. The number of methoxy groups -OCH3 is 1. The smallest absolute Gasteiger partial charge is 0.328 e. The third kappa shape index (κ3) is 2.14. The molecule has 5 heteroatoms. The molecule has 1 heterocycles.